The van der Waals surface area contributed by atoms with Crippen molar-refractivity contribution in [1.29, 1.82) is 5.41 Å². The number of nitrogens with two attached hydrogens (primary N) is 3. The lowest BCUT2D eigenvalue weighted by Gasteiger charge is -2.48. The zero-order valence-corrected chi connectivity index (χ0v) is 20.4. The monoisotopic (exact) mass is 517 g/mol. The first-order valence-electron chi connectivity index (χ1n) is 11.8. The van der Waals surface area contributed by atoms with Crippen molar-refractivity contribution in [2.45, 2.75) is 86.5 Å². The van der Waals surface area contributed by atoms with E-state index in [2.05, 4.69) is 16.0 Å². The second-order valence-electron chi connectivity index (χ2n) is 9.54. The number of nitrogens with one attached hydrogen (secondary N) is 4. The number of hydrogen-bond acceptors (Lipinski definition) is 12. The van der Waals surface area contributed by atoms with Gasteiger partial charge in [0.2, 0.25) is 12.7 Å². The van der Waals surface area contributed by atoms with Gasteiger partial charge in [0.25, 0.3) is 0 Å². The molecule has 15 nitrogen and oxygen atoms in total. The zero-order chi connectivity index (χ0) is 26.6. The molecular weight excluding hydrogens is 478 g/mol. The fourth-order valence-corrected chi connectivity index (χ4v) is 4.95. The van der Waals surface area contributed by atoms with E-state index in [1.165, 1.54) is 6.92 Å². The zero-order valence-electron chi connectivity index (χ0n) is 20.4. The van der Waals surface area contributed by atoms with Gasteiger partial charge in [0.15, 0.2) is 12.2 Å². The van der Waals surface area contributed by atoms with E-state index >= 15 is 0 Å². The SMILES string of the molecule is CN[C@@H]1[C@@H](O)[C@@H](O[C@H]2[C@H](NC=O)C[C@H](N)C(O[C@H]3OC(CN)=CC[C@H]3NC(=N)N)[C@@H]2O)OC[C@]1(C)O. The lowest BCUT2D eigenvalue weighted by Crippen LogP contribution is -2.69. The van der Waals surface area contributed by atoms with E-state index in [1.54, 1.807) is 13.1 Å². The highest BCUT2D eigenvalue weighted by atomic mass is 16.7. The lowest BCUT2D eigenvalue weighted by molar-refractivity contribution is -0.304. The predicted octanol–water partition coefficient (Wildman–Crippen LogP) is -4.54. The van der Waals surface area contributed by atoms with Gasteiger partial charge in [0, 0.05) is 6.04 Å². The van der Waals surface area contributed by atoms with Crippen LogP contribution in [0.2, 0.25) is 0 Å². The standard InChI is InChI=1S/C21H39N7O8/c1-21(32)7-33-19(14(31)17(21)26-2)36-16-12(27-8-29)5-10(23)15(13(16)30)35-18-11(28-20(24)25)4-3-9(6-22)34-18/h3,8,10-19,26,30-32H,4-7,22-23H2,1-2H3,(H,27,29)(H4,24,25,28)/t10-,11+,12+,13-,14+,15?,16-,17+,18+,19+,21-/m0/s1. The van der Waals surface area contributed by atoms with Crippen LogP contribution in [0.3, 0.4) is 0 Å². The van der Waals surface area contributed by atoms with Gasteiger partial charge in [-0.05, 0) is 32.9 Å². The fraction of sp³-hybridized carbons (Fsp3) is 0.810. The molecule has 0 radical (unpaired) electrons. The van der Waals surface area contributed by atoms with Crippen LogP contribution in [0.4, 0.5) is 0 Å². The maximum absolute atomic E-state index is 11.3. The molecule has 36 heavy (non-hydrogen) atoms. The van der Waals surface area contributed by atoms with Crippen molar-refractivity contribution in [3.63, 3.8) is 0 Å². The van der Waals surface area contributed by atoms with Crippen molar-refractivity contribution in [1.82, 2.24) is 16.0 Å². The Morgan fingerprint density at radius 2 is 1.97 bits per heavy atom. The number of hydrogen-bond donors (Lipinski definition) is 10. The average Bonchev–Trinajstić information content (AvgIpc) is 2.81. The topological polar surface area (TPSA) is 253 Å². The molecule has 2 fully saturated rings. The third-order valence-corrected chi connectivity index (χ3v) is 6.76. The highest BCUT2D eigenvalue weighted by molar-refractivity contribution is 5.74. The Morgan fingerprint density at radius 3 is 2.58 bits per heavy atom. The van der Waals surface area contributed by atoms with Gasteiger partial charge in [-0.2, -0.15) is 0 Å². The quantitative estimate of drug-likeness (QED) is 0.0786. The summed E-state index contributed by atoms with van der Waals surface area (Å²) in [7, 11) is 1.58. The molecule has 11 atom stereocenters. The number of ether oxygens (including phenoxy) is 4. The van der Waals surface area contributed by atoms with Crippen LogP contribution in [0, 0.1) is 5.41 Å². The minimum Gasteiger partial charge on any atom is -0.466 e. The van der Waals surface area contributed by atoms with Crippen molar-refractivity contribution in [2.75, 3.05) is 20.2 Å². The number of rotatable bonds is 9. The molecule has 1 unspecified atom stereocenters. The van der Waals surface area contributed by atoms with Crippen molar-refractivity contribution >= 4 is 12.4 Å². The van der Waals surface area contributed by atoms with Gasteiger partial charge in [0.05, 0.1) is 31.3 Å². The summed E-state index contributed by atoms with van der Waals surface area (Å²) in [6.07, 6.45) is -4.21. The number of carbonyl (C=O) groups is 1. The third-order valence-electron chi connectivity index (χ3n) is 6.76. The van der Waals surface area contributed by atoms with Gasteiger partial charge in [-0.25, -0.2) is 0 Å². The van der Waals surface area contributed by atoms with E-state index in [9.17, 15) is 20.1 Å². The molecule has 0 aromatic heterocycles. The number of amides is 1. The summed E-state index contributed by atoms with van der Waals surface area (Å²) >= 11 is 0. The molecule has 206 valence electrons. The summed E-state index contributed by atoms with van der Waals surface area (Å²) < 4.78 is 23.4. The third kappa shape index (κ3) is 6.24. The number of guanidine groups is 1. The molecular formula is C21H39N7O8. The maximum Gasteiger partial charge on any atom is 0.220 e. The van der Waals surface area contributed by atoms with Crippen LogP contribution < -0.4 is 33.2 Å². The molecule has 0 bridgehead atoms. The Balaban J connectivity index is 1.79. The molecule has 0 spiro atoms. The van der Waals surface area contributed by atoms with Crippen molar-refractivity contribution < 1.29 is 39.1 Å². The Hall–Kier alpha value is -2.08. The molecule has 1 aliphatic carbocycles. The molecule has 3 aliphatic rings. The molecule has 2 heterocycles. The van der Waals surface area contributed by atoms with Crippen molar-refractivity contribution in [2.24, 2.45) is 17.2 Å². The van der Waals surface area contributed by atoms with Gasteiger partial charge < -0.3 is 67.4 Å². The van der Waals surface area contributed by atoms with E-state index in [0.717, 1.165) is 0 Å². The minimum atomic E-state index is -1.38. The Bertz CT molecular complexity index is 802. The smallest absolute Gasteiger partial charge is 0.220 e. The first kappa shape index (κ1) is 28.5. The van der Waals surface area contributed by atoms with Gasteiger partial charge in [0.1, 0.15) is 35.8 Å². The highest BCUT2D eigenvalue weighted by Crippen LogP contribution is 2.32. The second kappa shape index (κ2) is 12.0. The first-order valence-corrected chi connectivity index (χ1v) is 11.8. The average molecular weight is 518 g/mol. The molecule has 2 aliphatic heterocycles. The van der Waals surface area contributed by atoms with Crippen molar-refractivity contribution in [3.05, 3.63) is 11.8 Å². The summed E-state index contributed by atoms with van der Waals surface area (Å²) in [5.41, 5.74) is 16.2. The van der Waals surface area contributed by atoms with E-state index in [0.29, 0.717) is 18.6 Å². The number of carbonyl (C=O) groups excluding carboxylic acids is 1. The van der Waals surface area contributed by atoms with Crippen molar-refractivity contribution in [3.8, 4) is 0 Å². The van der Waals surface area contributed by atoms with E-state index in [1.807, 2.05) is 0 Å². The van der Waals surface area contributed by atoms with E-state index in [4.69, 9.17) is 41.6 Å². The molecule has 1 saturated carbocycles. The number of aliphatic hydroxyl groups excluding tert-OH is 2. The number of aliphatic hydroxyl groups is 3. The van der Waals surface area contributed by atoms with Crippen LogP contribution in [0.15, 0.2) is 11.8 Å². The first-order chi connectivity index (χ1) is 17.0. The largest absolute Gasteiger partial charge is 0.466 e. The molecule has 0 aromatic rings. The second-order valence-corrected chi connectivity index (χ2v) is 9.54. The lowest BCUT2D eigenvalue weighted by atomic mass is 9.83. The van der Waals surface area contributed by atoms with Gasteiger partial charge in [-0.3, -0.25) is 10.2 Å². The van der Waals surface area contributed by atoms with Gasteiger partial charge in [-0.1, -0.05) is 0 Å². The van der Waals surface area contributed by atoms with E-state index in [-0.39, 0.29) is 25.5 Å². The molecule has 0 aromatic carbocycles. The Kier molecular flexibility index (Phi) is 9.48. The van der Waals surface area contributed by atoms with Crippen LogP contribution in [0.25, 0.3) is 0 Å². The van der Waals surface area contributed by atoms with Crippen LogP contribution >= 0.6 is 0 Å². The van der Waals surface area contributed by atoms with Gasteiger partial charge in [-0.15, -0.1) is 0 Å². The summed E-state index contributed by atoms with van der Waals surface area (Å²) in [5.74, 6) is 0.183. The molecule has 13 N–H and O–H groups in total. The Morgan fingerprint density at radius 1 is 1.28 bits per heavy atom. The summed E-state index contributed by atoms with van der Waals surface area (Å²) in [5, 5.41) is 48.3. The summed E-state index contributed by atoms with van der Waals surface area (Å²) in [6, 6.07) is -2.80. The fourth-order valence-electron chi connectivity index (χ4n) is 4.95. The molecule has 1 saturated heterocycles. The highest BCUT2D eigenvalue weighted by Gasteiger charge is 2.51. The molecule has 3 rings (SSSR count). The minimum absolute atomic E-state index is 0.121. The molecule has 15 heteroatoms. The maximum atomic E-state index is 11.3. The number of likely N-dealkylation sites (N-methyl/N-ethyl adjacent to an activating group) is 1. The van der Waals surface area contributed by atoms with Crippen LogP contribution in [0.5, 0.6) is 0 Å². The Labute approximate surface area is 209 Å². The normalized spacial score (nSPS) is 43.1. The van der Waals surface area contributed by atoms with Crippen LogP contribution in [-0.2, 0) is 23.7 Å². The molecule has 1 amide bonds. The van der Waals surface area contributed by atoms with E-state index < -0.39 is 66.8 Å². The summed E-state index contributed by atoms with van der Waals surface area (Å²) in [4.78, 5) is 11.3. The van der Waals surface area contributed by atoms with Gasteiger partial charge >= 0.3 is 0 Å². The summed E-state index contributed by atoms with van der Waals surface area (Å²) in [6.45, 7) is 1.50. The predicted molar refractivity (Wildman–Crippen MR) is 126 cm³/mol. The van der Waals surface area contributed by atoms with Crippen LogP contribution in [0.1, 0.15) is 19.8 Å². The van der Waals surface area contributed by atoms with Crippen LogP contribution in [-0.4, -0.2) is 115 Å².